The monoisotopic (exact) mass is 277 g/mol. The number of nitrogens with two attached hydrogens (primary N) is 1. The van der Waals surface area contributed by atoms with Gasteiger partial charge in [0.2, 0.25) is 5.91 Å². The molecule has 0 aromatic carbocycles. The molecule has 2 aliphatic rings. The highest BCUT2D eigenvalue weighted by Crippen LogP contribution is 2.24. The van der Waals surface area contributed by atoms with Crippen molar-refractivity contribution in [2.75, 3.05) is 31.9 Å². The van der Waals surface area contributed by atoms with Crippen LogP contribution in [-0.4, -0.2) is 57.7 Å². The zero-order valence-electron chi connectivity index (χ0n) is 11.9. The molecule has 6 heteroatoms. The number of carbonyl (C=O) groups is 1. The van der Waals surface area contributed by atoms with E-state index in [1.807, 2.05) is 4.90 Å². The Hall–Kier alpha value is -1.56. The second-order valence-electron chi connectivity index (χ2n) is 5.79. The van der Waals surface area contributed by atoms with Gasteiger partial charge in [-0.25, -0.2) is 0 Å². The van der Waals surface area contributed by atoms with Crippen molar-refractivity contribution in [3.63, 3.8) is 0 Å². The third-order valence-corrected chi connectivity index (χ3v) is 4.47. The van der Waals surface area contributed by atoms with E-state index in [-0.39, 0.29) is 5.91 Å². The fraction of sp³-hybridized carbons (Fsp3) is 0.714. The van der Waals surface area contributed by atoms with Crippen molar-refractivity contribution in [1.82, 2.24) is 19.6 Å². The van der Waals surface area contributed by atoms with Gasteiger partial charge >= 0.3 is 0 Å². The van der Waals surface area contributed by atoms with Crippen molar-refractivity contribution in [3.8, 4) is 0 Å². The molecule has 1 aliphatic carbocycles. The van der Waals surface area contributed by atoms with Crippen molar-refractivity contribution in [2.45, 2.75) is 38.3 Å². The lowest BCUT2D eigenvalue weighted by Gasteiger charge is -2.38. The van der Waals surface area contributed by atoms with E-state index in [4.69, 9.17) is 5.73 Å². The molecular formula is C14H23N5O. The highest BCUT2D eigenvalue weighted by Gasteiger charge is 2.27. The van der Waals surface area contributed by atoms with Gasteiger partial charge in [0.1, 0.15) is 12.4 Å². The number of anilines is 1. The summed E-state index contributed by atoms with van der Waals surface area (Å²) in [5, 5.41) is 4.06. The molecule has 0 radical (unpaired) electrons. The van der Waals surface area contributed by atoms with Crippen LogP contribution in [0.25, 0.3) is 0 Å². The van der Waals surface area contributed by atoms with Crippen molar-refractivity contribution in [3.05, 3.63) is 12.3 Å². The molecule has 110 valence electrons. The summed E-state index contributed by atoms with van der Waals surface area (Å²) in [5.74, 6) is 0.600. The van der Waals surface area contributed by atoms with Gasteiger partial charge in [-0.2, -0.15) is 5.10 Å². The van der Waals surface area contributed by atoms with Crippen molar-refractivity contribution < 1.29 is 4.79 Å². The van der Waals surface area contributed by atoms with E-state index >= 15 is 0 Å². The molecule has 1 amide bonds. The lowest BCUT2D eigenvalue weighted by Crippen LogP contribution is -2.52. The molecule has 2 heterocycles. The Labute approximate surface area is 119 Å². The number of carbonyl (C=O) groups excluding carboxylic acids is 1. The maximum atomic E-state index is 12.2. The lowest BCUT2D eigenvalue weighted by molar-refractivity contribution is -0.134. The number of rotatable bonds is 3. The van der Waals surface area contributed by atoms with Crippen molar-refractivity contribution in [1.29, 1.82) is 0 Å². The molecule has 0 atom stereocenters. The SMILES string of the molecule is Nc1ccn(CC(=O)N2CCN(C3CCCC3)CC2)n1. The van der Waals surface area contributed by atoms with E-state index in [2.05, 4.69) is 10.00 Å². The van der Waals surface area contributed by atoms with Crippen LogP contribution in [0.2, 0.25) is 0 Å². The molecule has 6 nitrogen and oxygen atoms in total. The normalized spacial score (nSPS) is 21.5. The minimum atomic E-state index is 0.138. The zero-order valence-corrected chi connectivity index (χ0v) is 11.9. The predicted molar refractivity (Wildman–Crippen MR) is 77.0 cm³/mol. The van der Waals surface area contributed by atoms with Crippen LogP contribution in [0.4, 0.5) is 5.82 Å². The highest BCUT2D eigenvalue weighted by atomic mass is 16.2. The van der Waals surface area contributed by atoms with E-state index < -0.39 is 0 Å². The minimum Gasteiger partial charge on any atom is -0.382 e. The lowest BCUT2D eigenvalue weighted by atomic mass is 10.2. The van der Waals surface area contributed by atoms with Gasteiger partial charge in [0.05, 0.1) is 0 Å². The average molecular weight is 277 g/mol. The van der Waals surface area contributed by atoms with E-state index in [9.17, 15) is 4.79 Å². The second kappa shape index (κ2) is 5.83. The number of hydrogen-bond acceptors (Lipinski definition) is 4. The van der Waals surface area contributed by atoms with Crippen LogP contribution in [0, 0.1) is 0 Å². The Morgan fingerprint density at radius 2 is 1.95 bits per heavy atom. The first-order valence-corrected chi connectivity index (χ1v) is 7.53. The molecule has 1 aliphatic heterocycles. The summed E-state index contributed by atoms with van der Waals surface area (Å²) < 4.78 is 1.61. The van der Waals surface area contributed by atoms with Crippen LogP contribution in [0.1, 0.15) is 25.7 Å². The fourth-order valence-electron chi connectivity index (χ4n) is 3.31. The quantitative estimate of drug-likeness (QED) is 0.876. The number of hydrogen-bond donors (Lipinski definition) is 1. The summed E-state index contributed by atoms with van der Waals surface area (Å²) in [6, 6.07) is 2.48. The standard InChI is InChI=1S/C14H23N5O/c15-13-5-6-19(16-13)11-14(20)18-9-7-17(8-10-18)12-3-1-2-4-12/h5-6,12H,1-4,7-11H2,(H2,15,16). The number of nitrogens with zero attached hydrogens (tertiary/aromatic N) is 4. The molecule has 0 spiro atoms. The van der Waals surface area contributed by atoms with Gasteiger partial charge in [0.15, 0.2) is 0 Å². The molecule has 1 saturated heterocycles. The summed E-state index contributed by atoms with van der Waals surface area (Å²) in [6.07, 6.45) is 7.15. The maximum absolute atomic E-state index is 12.2. The number of aromatic nitrogens is 2. The van der Waals surface area contributed by atoms with Crippen LogP contribution in [-0.2, 0) is 11.3 Å². The maximum Gasteiger partial charge on any atom is 0.244 e. The smallest absolute Gasteiger partial charge is 0.244 e. The highest BCUT2D eigenvalue weighted by molar-refractivity contribution is 5.76. The summed E-state index contributed by atoms with van der Waals surface area (Å²) in [7, 11) is 0. The molecule has 0 bridgehead atoms. The van der Waals surface area contributed by atoms with Crippen LogP contribution in [0.5, 0.6) is 0 Å². The number of piperazine rings is 1. The van der Waals surface area contributed by atoms with E-state index in [1.165, 1.54) is 25.7 Å². The molecule has 1 aromatic rings. The van der Waals surface area contributed by atoms with Gasteiger partial charge in [-0.3, -0.25) is 14.4 Å². The van der Waals surface area contributed by atoms with Crippen molar-refractivity contribution in [2.24, 2.45) is 0 Å². The molecule has 2 fully saturated rings. The molecule has 20 heavy (non-hydrogen) atoms. The molecule has 3 rings (SSSR count). The van der Waals surface area contributed by atoms with Gasteiger partial charge in [0, 0.05) is 38.4 Å². The zero-order chi connectivity index (χ0) is 13.9. The van der Waals surface area contributed by atoms with Crippen LogP contribution >= 0.6 is 0 Å². The fourth-order valence-corrected chi connectivity index (χ4v) is 3.31. The predicted octanol–water partition coefficient (Wildman–Crippen LogP) is 0.552. The largest absolute Gasteiger partial charge is 0.382 e. The molecule has 1 aromatic heterocycles. The van der Waals surface area contributed by atoms with E-state index in [0.29, 0.717) is 12.4 Å². The summed E-state index contributed by atoms with van der Waals surface area (Å²) in [5.41, 5.74) is 5.56. The Morgan fingerprint density at radius 3 is 2.55 bits per heavy atom. The summed E-state index contributed by atoms with van der Waals surface area (Å²) in [4.78, 5) is 16.7. The van der Waals surface area contributed by atoms with Crippen LogP contribution in [0.3, 0.4) is 0 Å². The Balaban J connectivity index is 1.48. The first-order valence-electron chi connectivity index (χ1n) is 7.53. The minimum absolute atomic E-state index is 0.138. The van der Waals surface area contributed by atoms with Gasteiger partial charge in [-0.15, -0.1) is 0 Å². The van der Waals surface area contributed by atoms with Gasteiger partial charge < -0.3 is 10.6 Å². The topological polar surface area (TPSA) is 67.4 Å². The summed E-state index contributed by atoms with van der Waals surface area (Å²) in [6.45, 7) is 3.99. The second-order valence-corrected chi connectivity index (χ2v) is 5.79. The first-order chi connectivity index (χ1) is 9.72. The van der Waals surface area contributed by atoms with Gasteiger partial charge in [-0.1, -0.05) is 12.8 Å². The first kappa shape index (κ1) is 13.4. The Bertz CT molecular complexity index is 458. The van der Waals surface area contributed by atoms with Crippen LogP contribution in [0.15, 0.2) is 12.3 Å². The molecule has 2 N–H and O–H groups in total. The molecular weight excluding hydrogens is 254 g/mol. The van der Waals surface area contributed by atoms with Crippen LogP contribution < -0.4 is 5.73 Å². The number of amides is 1. The third kappa shape index (κ3) is 2.95. The molecule has 1 saturated carbocycles. The molecule has 0 unspecified atom stereocenters. The van der Waals surface area contributed by atoms with Gasteiger partial charge in [0.25, 0.3) is 0 Å². The van der Waals surface area contributed by atoms with E-state index in [1.54, 1.807) is 16.9 Å². The Morgan fingerprint density at radius 1 is 1.25 bits per heavy atom. The van der Waals surface area contributed by atoms with E-state index in [0.717, 1.165) is 32.2 Å². The van der Waals surface area contributed by atoms with Gasteiger partial charge in [-0.05, 0) is 18.9 Å². The summed E-state index contributed by atoms with van der Waals surface area (Å²) >= 11 is 0. The number of nitrogen functional groups attached to an aromatic ring is 1. The Kier molecular flexibility index (Phi) is 3.91. The van der Waals surface area contributed by atoms with Crippen molar-refractivity contribution >= 4 is 11.7 Å². The third-order valence-electron chi connectivity index (χ3n) is 4.47. The average Bonchev–Trinajstić information content (AvgIpc) is 3.11.